The monoisotopic (exact) mass is 248 g/mol. The number of nitrogens with zero attached hydrogens (tertiary/aromatic N) is 2. The number of H-pyrrole nitrogens is 1. The van der Waals surface area contributed by atoms with E-state index in [1.54, 1.807) is 14.2 Å². The smallest absolute Gasteiger partial charge is 0.171 e. The molecule has 1 aromatic heterocycles. The van der Waals surface area contributed by atoms with E-state index in [9.17, 15) is 0 Å². The van der Waals surface area contributed by atoms with Gasteiger partial charge in [0.2, 0.25) is 0 Å². The van der Waals surface area contributed by atoms with Gasteiger partial charge in [0.05, 0.1) is 20.3 Å². The molecule has 0 saturated heterocycles. The minimum atomic E-state index is -0.394. The van der Waals surface area contributed by atoms with Crippen LogP contribution in [0, 0.1) is 6.92 Å². The van der Waals surface area contributed by atoms with Crippen molar-refractivity contribution >= 4 is 0 Å². The number of benzene rings is 1. The molecular formula is C12H16N4O2. The maximum absolute atomic E-state index is 6.10. The first-order valence-corrected chi connectivity index (χ1v) is 5.52. The summed E-state index contributed by atoms with van der Waals surface area (Å²) in [6.45, 7) is 1.83. The Morgan fingerprint density at radius 1 is 1.22 bits per heavy atom. The van der Waals surface area contributed by atoms with Gasteiger partial charge >= 0.3 is 0 Å². The topological polar surface area (TPSA) is 86.0 Å². The molecule has 2 aromatic rings. The zero-order valence-electron chi connectivity index (χ0n) is 10.6. The van der Waals surface area contributed by atoms with Crippen LogP contribution in [-0.4, -0.2) is 29.4 Å². The molecule has 18 heavy (non-hydrogen) atoms. The SMILES string of the molecule is COc1ccc([C@H](N)c2n[nH]c(C)n2)cc1OC. The van der Waals surface area contributed by atoms with Gasteiger partial charge in [-0.3, -0.25) is 5.10 Å². The third-order valence-electron chi connectivity index (χ3n) is 2.66. The van der Waals surface area contributed by atoms with E-state index in [1.165, 1.54) is 0 Å². The minimum Gasteiger partial charge on any atom is -0.493 e. The summed E-state index contributed by atoms with van der Waals surface area (Å²) in [5, 5.41) is 6.83. The molecule has 3 N–H and O–H groups in total. The molecule has 6 heteroatoms. The molecule has 0 bridgehead atoms. The Labute approximate surface area is 105 Å². The number of methoxy groups -OCH3 is 2. The summed E-state index contributed by atoms with van der Waals surface area (Å²) in [5.41, 5.74) is 6.97. The third kappa shape index (κ3) is 2.28. The maximum Gasteiger partial charge on any atom is 0.171 e. The zero-order chi connectivity index (χ0) is 13.1. The summed E-state index contributed by atoms with van der Waals surface area (Å²) in [5.74, 6) is 2.60. The number of aromatic amines is 1. The van der Waals surface area contributed by atoms with Crippen LogP contribution in [0.4, 0.5) is 0 Å². The molecule has 0 fully saturated rings. The summed E-state index contributed by atoms with van der Waals surface area (Å²) in [6, 6.07) is 5.12. The average molecular weight is 248 g/mol. The van der Waals surface area contributed by atoms with Crippen LogP contribution in [0.3, 0.4) is 0 Å². The Hall–Kier alpha value is -2.08. The largest absolute Gasteiger partial charge is 0.493 e. The van der Waals surface area contributed by atoms with Gasteiger partial charge in [-0.25, -0.2) is 4.98 Å². The predicted octanol–water partition coefficient (Wildman–Crippen LogP) is 1.18. The lowest BCUT2D eigenvalue weighted by Gasteiger charge is -2.12. The Bertz CT molecular complexity index is 539. The van der Waals surface area contributed by atoms with Crippen molar-refractivity contribution in [2.45, 2.75) is 13.0 Å². The third-order valence-corrected chi connectivity index (χ3v) is 2.66. The Balaban J connectivity index is 2.33. The maximum atomic E-state index is 6.10. The van der Waals surface area contributed by atoms with Gasteiger partial charge in [0.1, 0.15) is 5.82 Å². The van der Waals surface area contributed by atoms with Crippen LogP contribution in [0.2, 0.25) is 0 Å². The van der Waals surface area contributed by atoms with Crippen molar-refractivity contribution in [1.82, 2.24) is 15.2 Å². The second-order valence-corrected chi connectivity index (χ2v) is 3.87. The van der Waals surface area contributed by atoms with Gasteiger partial charge in [0.25, 0.3) is 0 Å². The van der Waals surface area contributed by atoms with E-state index in [-0.39, 0.29) is 0 Å². The van der Waals surface area contributed by atoms with Crippen LogP contribution in [-0.2, 0) is 0 Å². The highest BCUT2D eigenvalue weighted by atomic mass is 16.5. The predicted molar refractivity (Wildman–Crippen MR) is 66.7 cm³/mol. The number of rotatable bonds is 4. The molecular weight excluding hydrogens is 232 g/mol. The quantitative estimate of drug-likeness (QED) is 0.848. The molecule has 0 aliphatic rings. The van der Waals surface area contributed by atoms with Crippen LogP contribution in [0.5, 0.6) is 11.5 Å². The minimum absolute atomic E-state index is 0.394. The Morgan fingerprint density at radius 3 is 2.50 bits per heavy atom. The van der Waals surface area contributed by atoms with Crippen LogP contribution in [0.1, 0.15) is 23.3 Å². The van der Waals surface area contributed by atoms with E-state index in [0.29, 0.717) is 17.3 Å². The van der Waals surface area contributed by atoms with E-state index in [4.69, 9.17) is 15.2 Å². The average Bonchev–Trinajstić information content (AvgIpc) is 2.83. The molecule has 0 aliphatic carbocycles. The summed E-state index contributed by atoms with van der Waals surface area (Å²) in [4.78, 5) is 4.22. The molecule has 1 aromatic carbocycles. The van der Waals surface area contributed by atoms with Crippen LogP contribution in [0.25, 0.3) is 0 Å². The lowest BCUT2D eigenvalue weighted by Crippen LogP contribution is -2.14. The first-order chi connectivity index (χ1) is 8.65. The van der Waals surface area contributed by atoms with Crippen molar-refractivity contribution in [3.8, 4) is 11.5 Å². The molecule has 0 unspecified atom stereocenters. The van der Waals surface area contributed by atoms with Crippen LogP contribution in [0.15, 0.2) is 18.2 Å². The fourth-order valence-electron chi connectivity index (χ4n) is 1.69. The molecule has 0 saturated carbocycles. The fraction of sp³-hybridized carbons (Fsp3) is 0.333. The van der Waals surface area contributed by atoms with Crippen molar-refractivity contribution in [3.05, 3.63) is 35.4 Å². The molecule has 0 amide bonds. The van der Waals surface area contributed by atoms with E-state index in [2.05, 4.69) is 15.2 Å². The summed E-state index contributed by atoms with van der Waals surface area (Å²) >= 11 is 0. The molecule has 96 valence electrons. The number of nitrogens with one attached hydrogen (secondary N) is 1. The summed E-state index contributed by atoms with van der Waals surface area (Å²) in [6.07, 6.45) is 0. The van der Waals surface area contributed by atoms with Gasteiger partial charge in [-0.2, -0.15) is 5.10 Å². The van der Waals surface area contributed by atoms with E-state index < -0.39 is 6.04 Å². The van der Waals surface area contributed by atoms with Crippen molar-refractivity contribution in [2.24, 2.45) is 5.73 Å². The van der Waals surface area contributed by atoms with Gasteiger partial charge < -0.3 is 15.2 Å². The van der Waals surface area contributed by atoms with Crippen LogP contribution >= 0.6 is 0 Å². The van der Waals surface area contributed by atoms with Gasteiger partial charge in [0.15, 0.2) is 17.3 Å². The molecule has 1 atom stereocenters. The molecule has 1 heterocycles. The van der Waals surface area contributed by atoms with Gasteiger partial charge in [-0.1, -0.05) is 6.07 Å². The van der Waals surface area contributed by atoms with Crippen LogP contribution < -0.4 is 15.2 Å². The molecule has 2 rings (SSSR count). The number of nitrogens with two attached hydrogens (primary N) is 1. The van der Waals surface area contributed by atoms with Crippen molar-refractivity contribution in [2.75, 3.05) is 14.2 Å². The van der Waals surface area contributed by atoms with E-state index in [0.717, 1.165) is 11.4 Å². The highest BCUT2D eigenvalue weighted by Gasteiger charge is 2.15. The molecule has 0 spiro atoms. The van der Waals surface area contributed by atoms with Gasteiger partial charge in [-0.15, -0.1) is 0 Å². The number of aryl methyl sites for hydroxylation is 1. The van der Waals surface area contributed by atoms with E-state index >= 15 is 0 Å². The highest BCUT2D eigenvalue weighted by Crippen LogP contribution is 2.30. The normalized spacial score (nSPS) is 12.2. The molecule has 0 radical (unpaired) electrons. The number of aromatic nitrogens is 3. The summed E-state index contributed by atoms with van der Waals surface area (Å²) < 4.78 is 10.4. The van der Waals surface area contributed by atoms with Crippen molar-refractivity contribution in [1.29, 1.82) is 0 Å². The molecule has 0 aliphatic heterocycles. The first-order valence-electron chi connectivity index (χ1n) is 5.52. The number of hydrogen-bond acceptors (Lipinski definition) is 5. The fourth-order valence-corrected chi connectivity index (χ4v) is 1.69. The standard InChI is InChI=1S/C12H16N4O2/c1-7-14-12(16-15-7)11(13)8-4-5-9(17-2)10(6-8)18-3/h4-6,11H,13H2,1-3H3,(H,14,15,16)/t11-/m0/s1. The van der Waals surface area contributed by atoms with Crippen molar-refractivity contribution in [3.63, 3.8) is 0 Å². The van der Waals surface area contributed by atoms with Gasteiger partial charge in [-0.05, 0) is 24.6 Å². The lowest BCUT2D eigenvalue weighted by atomic mass is 10.1. The van der Waals surface area contributed by atoms with Gasteiger partial charge in [0, 0.05) is 0 Å². The first kappa shape index (κ1) is 12.4. The lowest BCUT2D eigenvalue weighted by molar-refractivity contribution is 0.354. The second kappa shape index (κ2) is 5.05. The Kier molecular flexibility index (Phi) is 3.47. The number of ether oxygens (including phenoxy) is 2. The highest BCUT2D eigenvalue weighted by molar-refractivity contribution is 5.44. The summed E-state index contributed by atoms with van der Waals surface area (Å²) in [7, 11) is 3.18. The molecule has 6 nitrogen and oxygen atoms in total. The van der Waals surface area contributed by atoms with E-state index in [1.807, 2.05) is 25.1 Å². The number of hydrogen-bond donors (Lipinski definition) is 2. The second-order valence-electron chi connectivity index (χ2n) is 3.87. The zero-order valence-corrected chi connectivity index (χ0v) is 10.6. The Morgan fingerprint density at radius 2 is 1.94 bits per heavy atom. The van der Waals surface area contributed by atoms with Crippen molar-refractivity contribution < 1.29 is 9.47 Å².